The Bertz CT molecular complexity index is 362. The molecule has 0 N–H and O–H groups in total. The fourth-order valence-corrected chi connectivity index (χ4v) is 3.17. The van der Waals surface area contributed by atoms with Crippen LogP contribution in [0.2, 0.25) is 0 Å². The van der Waals surface area contributed by atoms with Gasteiger partial charge in [-0.15, -0.1) is 0 Å². The number of cyclic esters (lactones) is 1. The zero-order valence-corrected chi connectivity index (χ0v) is 13.0. The molecule has 1 saturated heterocycles. The summed E-state index contributed by atoms with van der Waals surface area (Å²) in [5.74, 6) is -2.68. The van der Waals surface area contributed by atoms with Crippen molar-refractivity contribution in [3.8, 4) is 0 Å². The monoisotopic (exact) mass is 390 g/mol. The molecular formula is C12H17F2IO4. The molecule has 4 nitrogen and oxygen atoms in total. The first-order valence-corrected chi connectivity index (χ1v) is 7.25. The summed E-state index contributed by atoms with van der Waals surface area (Å²) in [5, 5.41) is 0. The number of ether oxygens (including phenoxy) is 2. The van der Waals surface area contributed by atoms with E-state index < -0.39 is 27.4 Å². The first kappa shape index (κ1) is 16.6. The molecule has 0 saturated carbocycles. The molecule has 0 radical (unpaired) electrons. The summed E-state index contributed by atoms with van der Waals surface area (Å²) in [6.07, 6.45) is -3.12. The van der Waals surface area contributed by atoms with Crippen LogP contribution < -0.4 is 0 Å². The molecule has 0 aromatic carbocycles. The van der Waals surface area contributed by atoms with Crippen LogP contribution in [-0.2, 0) is 19.1 Å². The van der Waals surface area contributed by atoms with Gasteiger partial charge in [0.1, 0.15) is 3.42 Å². The number of carbonyl (C=O) groups is 2. The quantitative estimate of drug-likeness (QED) is 0.413. The highest BCUT2D eigenvalue weighted by molar-refractivity contribution is 14.1. The molecule has 0 spiro atoms. The molecule has 0 aromatic rings. The van der Waals surface area contributed by atoms with Gasteiger partial charge in [0.05, 0.1) is 12.5 Å². The van der Waals surface area contributed by atoms with E-state index in [2.05, 4.69) is 4.74 Å². The molecule has 2 atom stereocenters. The molecule has 1 heterocycles. The van der Waals surface area contributed by atoms with E-state index in [1.807, 2.05) is 22.6 Å². The van der Waals surface area contributed by atoms with Crippen molar-refractivity contribution in [2.75, 3.05) is 6.61 Å². The number of rotatable bonds is 2. The van der Waals surface area contributed by atoms with Crippen LogP contribution in [0.25, 0.3) is 0 Å². The van der Waals surface area contributed by atoms with Crippen LogP contribution >= 0.6 is 22.6 Å². The Hall–Kier alpha value is -0.470. The maximum atomic E-state index is 13.7. The van der Waals surface area contributed by atoms with E-state index in [1.54, 1.807) is 6.92 Å². The minimum atomic E-state index is -3.55. The molecule has 1 rings (SSSR count). The summed E-state index contributed by atoms with van der Waals surface area (Å²) in [4.78, 5) is 23.2. The molecule has 2 unspecified atom stereocenters. The van der Waals surface area contributed by atoms with Crippen molar-refractivity contribution in [1.29, 1.82) is 0 Å². The summed E-state index contributed by atoms with van der Waals surface area (Å²) in [6, 6.07) is 0. The lowest BCUT2D eigenvalue weighted by Crippen LogP contribution is -2.40. The summed E-state index contributed by atoms with van der Waals surface area (Å²) in [5.41, 5.74) is 0. The standard InChI is InChI=1S/C12H17F2IO4/c1-3-18-10(17)11(15)6-4-5-9(16)19-12(13,14)8(2)7-11/h8H,3-7H2,1-2H3. The molecule has 0 bridgehead atoms. The molecule has 1 aliphatic heterocycles. The lowest BCUT2D eigenvalue weighted by molar-refractivity contribution is -0.256. The van der Waals surface area contributed by atoms with E-state index in [-0.39, 0.29) is 19.4 Å². The second-order valence-electron chi connectivity index (χ2n) is 4.68. The molecule has 1 fully saturated rings. The van der Waals surface area contributed by atoms with Crippen LogP contribution in [0.4, 0.5) is 8.78 Å². The Morgan fingerprint density at radius 3 is 2.79 bits per heavy atom. The van der Waals surface area contributed by atoms with Crippen LogP contribution in [0.15, 0.2) is 0 Å². The Labute approximate surface area is 124 Å². The van der Waals surface area contributed by atoms with E-state index >= 15 is 0 Å². The largest absolute Gasteiger partial charge is 0.465 e. The maximum Gasteiger partial charge on any atom is 0.402 e. The normalized spacial score (nSPS) is 31.6. The van der Waals surface area contributed by atoms with Crippen molar-refractivity contribution in [1.82, 2.24) is 0 Å². The lowest BCUT2D eigenvalue weighted by atomic mass is 9.91. The van der Waals surface area contributed by atoms with E-state index in [0.29, 0.717) is 12.8 Å². The minimum absolute atomic E-state index is 0.0906. The van der Waals surface area contributed by atoms with Gasteiger partial charge in [-0.1, -0.05) is 29.5 Å². The van der Waals surface area contributed by atoms with Crippen LogP contribution in [-0.4, -0.2) is 28.1 Å². The fourth-order valence-electron chi connectivity index (χ4n) is 1.97. The van der Waals surface area contributed by atoms with Crippen LogP contribution in [0, 0.1) is 5.92 Å². The highest BCUT2D eigenvalue weighted by Crippen LogP contribution is 2.41. The summed E-state index contributed by atoms with van der Waals surface area (Å²) < 4.78 is 35.4. The first-order valence-electron chi connectivity index (χ1n) is 6.17. The Morgan fingerprint density at radius 1 is 1.58 bits per heavy atom. The average Bonchev–Trinajstić information content (AvgIpc) is 2.30. The van der Waals surface area contributed by atoms with Gasteiger partial charge in [-0.05, 0) is 26.2 Å². The van der Waals surface area contributed by atoms with Gasteiger partial charge in [0, 0.05) is 6.42 Å². The Balaban J connectivity index is 2.95. The van der Waals surface area contributed by atoms with Gasteiger partial charge in [0.2, 0.25) is 0 Å². The number of hydrogen-bond acceptors (Lipinski definition) is 4. The van der Waals surface area contributed by atoms with Crippen LogP contribution in [0.3, 0.4) is 0 Å². The predicted octanol–water partition coefficient (Wildman–Crippen LogP) is 3.07. The summed E-state index contributed by atoms with van der Waals surface area (Å²) in [7, 11) is 0. The van der Waals surface area contributed by atoms with Crippen molar-refractivity contribution in [3.63, 3.8) is 0 Å². The van der Waals surface area contributed by atoms with Gasteiger partial charge < -0.3 is 9.47 Å². The summed E-state index contributed by atoms with van der Waals surface area (Å²) >= 11 is 1.86. The van der Waals surface area contributed by atoms with Gasteiger partial charge in [-0.3, -0.25) is 9.59 Å². The molecule has 0 aliphatic carbocycles. The number of halogens is 3. The molecule has 0 amide bonds. The molecule has 1 aliphatic rings. The first-order chi connectivity index (χ1) is 8.71. The topological polar surface area (TPSA) is 52.6 Å². The van der Waals surface area contributed by atoms with Crippen molar-refractivity contribution in [3.05, 3.63) is 0 Å². The molecule has 0 aromatic heterocycles. The van der Waals surface area contributed by atoms with Crippen molar-refractivity contribution >= 4 is 34.5 Å². The molecule has 7 heteroatoms. The highest BCUT2D eigenvalue weighted by atomic mass is 127. The van der Waals surface area contributed by atoms with Gasteiger partial charge >= 0.3 is 18.0 Å². The number of carbonyl (C=O) groups excluding carboxylic acids is 2. The van der Waals surface area contributed by atoms with Crippen molar-refractivity contribution in [2.45, 2.75) is 49.1 Å². The lowest BCUT2D eigenvalue weighted by Gasteiger charge is -2.29. The van der Waals surface area contributed by atoms with Crippen LogP contribution in [0.5, 0.6) is 0 Å². The minimum Gasteiger partial charge on any atom is -0.465 e. The smallest absolute Gasteiger partial charge is 0.402 e. The fraction of sp³-hybridized carbons (Fsp3) is 0.833. The maximum absolute atomic E-state index is 13.7. The van der Waals surface area contributed by atoms with Gasteiger partial charge in [0.15, 0.2) is 0 Å². The van der Waals surface area contributed by atoms with Crippen LogP contribution in [0.1, 0.15) is 39.5 Å². The van der Waals surface area contributed by atoms with Crippen molar-refractivity contribution in [2.24, 2.45) is 5.92 Å². The molecular weight excluding hydrogens is 373 g/mol. The second-order valence-corrected chi connectivity index (χ2v) is 6.75. The zero-order chi connectivity index (χ0) is 14.7. The number of esters is 2. The SMILES string of the molecule is CCOC(=O)C1(I)CCCC(=O)OC(F)(F)C(C)C1. The van der Waals surface area contributed by atoms with Crippen molar-refractivity contribution < 1.29 is 27.8 Å². The second kappa shape index (κ2) is 6.32. The highest BCUT2D eigenvalue weighted by Gasteiger charge is 2.49. The third-order valence-electron chi connectivity index (χ3n) is 3.05. The Kier molecular flexibility index (Phi) is 5.52. The predicted molar refractivity (Wildman–Crippen MR) is 72.1 cm³/mol. The van der Waals surface area contributed by atoms with Gasteiger partial charge in [-0.25, -0.2) is 0 Å². The average molecular weight is 390 g/mol. The molecule has 110 valence electrons. The molecule has 19 heavy (non-hydrogen) atoms. The van der Waals surface area contributed by atoms with Gasteiger partial charge in [0.25, 0.3) is 0 Å². The van der Waals surface area contributed by atoms with E-state index in [4.69, 9.17) is 4.74 Å². The Morgan fingerprint density at radius 2 is 2.21 bits per heavy atom. The third kappa shape index (κ3) is 4.25. The third-order valence-corrected chi connectivity index (χ3v) is 4.47. The number of alkyl halides is 3. The van der Waals surface area contributed by atoms with E-state index in [1.165, 1.54) is 6.92 Å². The van der Waals surface area contributed by atoms with Gasteiger partial charge in [-0.2, -0.15) is 8.78 Å². The van der Waals surface area contributed by atoms with E-state index in [9.17, 15) is 18.4 Å². The number of hydrogen-bond donors (Lipinski definition) is 0. The van der Waals surface area contributed by atoms with E-state index in [0.717, 1.165) is 0 Å². The summed E-state index contributed by atoms with van der Waals surface area (Å²) in [6.45, 7) is 3.13. The zero-order valence-electron chi connectivity index (χ0n) is 10.9.